The third kappa shape index (κ3) is 5.74. The molecule has 0 saturated carbocycles. The highest BCUT2D eigenvalue weighted by Crippen LogP contribution is 2.18. The number of nitrogens with zero attached hydrogens (tertiary/aromatic N) is 2. The molecule has 152 valence electrons. The maximum Gasteiger partial charge on any atom is 0.246 e. The highest BCUT2D eigenvalue weighted by Gasteiger charge is 2.21. The van der Waals surface area contributed by atoms with Gasteiger partial charge in [0.15, 0.2) is 0 Å². The zero-order valence-electron chi connectivity index (χ0n) is 16.8. The summed E-state index contributed by atoms with van der Waals surface area (Å²) < 4.78 is 12.9. The van der Waals surface area contributed by atoms with Crippen molar-refractivity contribution in [3.05, 3.63) is 71.0 Å². The van der Waals surface area contributed by atoms with Crippen molar-refractivity contribution < 1.29 is 14.0 Å². The first-order chi connectivity index (χ1) is 13.9. The molecular formula is C23H26FN3O2. The second kappa shape index (κ2) is 9.47. The number of amides is 2. The summed E-state index contributed by atoms with van der Waals surface area (Å²) in [5.74, 6) is -0.422. The maximum absolute atomic E-state index is 12.9. The molecule has 1 saturated heterocycles. The van der Waals surface area contributed by atoms with E-state index >= 15 is 0 Å². The summed E-state index contributed by atoms with van der Waals surface area (Å²) >= 11 is 0. The molecule has 0 atom stereocenters. The fourth-order valence-corrected chi connectivity index (χ4v) is 3.25. The number of benzene rings is 2. The summed E-state index contributed by atoms with van der Waals surface area (Å²) in [7, 11) is 0. The Morgan fingerprint density at radius 1 is 1.03 bits per heavy atom. The topological polar surface area (TPSA) is 52.7 Å². The Labute approximate surface area is 170 Å². The number of nitrogens with one attached hydrogen (secondary N) is 1. The van der Waals surface area contributed by atoms with E-state index in [1.165, 1.54) is 18.2 Å². The van der Waals surface area contributed by atoms with Gasteiger partial charge in [0.2, 0.25) is 11.8 Å². The Balaban J connectivity index is 1.46. The van der Waals surface area contributed by atoms with Gasteiger partial charge >= 0.3 is 0 Å². The van der Waals surface area contributed by atoms with E-state index in [1.54, 1.807) is 23.1 Å². The van der Waals surface area contributed by atoms with Crippen molar-refractivity contribution in [2.24, 2.45) is 0 Å². The first-order valence-corrected chi connectivity index (χ1v) is 9.73. The smallest absolute Gasteiger partial charge is 0.246 e. The molecule has 1 heterocycles. The van der Waals surface area contributed by atoms with Crippen molar-refractivity contribution in [3.63, 3.8) is 0 Å². The maximum atomic E-state index is 12.9. The van der Waals surface area contributed by atoms with Gasteiger partial charge in [-0.25, -0.2) is 4.39 Å². The number of piperazine rings is 1. The van der Waals surface area contributed by atoms with E-state index in [1.807, 2.05) is 36.9 Å². The van der Waals surface area contributed by atoms with Crippen LogP contribution >= 0.6 is 0 Å². The molecule has 5 nitrogen and oxygen atoms in total. The Bertz CT molecular complexity index is 901. The zero-order valence-corrected chi connectivity index (χ0v) is 16.8. The number of halogens is 1. The summed E-state index contributed by atoms with van der Waals surface area (Å²) in [6, 6.07) is 11.9. The molecule has 0 aliphatic carbocycles. The van der Waals surface area contributed by atoms with Gasteiger partial charge in [-0.1, -0.05) is 24.3 Å². The van der Waals surface area contributed by atoms with Gasteiger partial charge in [0.25, 0.3) is 0 Å². The fourth-order valence-electron chi connectivity index (χ4n) is 3.25. The van der Waals surface area contributed by atoms with Gasteiger partial charge in [-0.15, -0.1) is 0 Å². The monoisotopic (exact) mass is 395 g/mol. The van der Waals surface area contributed by atoms with E-state index in [4.69, 9.17) is 0 Å². The van der Waals surface area contributed by atoms with E-state index in [0.29, 0.717) is 32.7 Å². The number of aryl methyl sites for hydroxylation is 1. The highest BCUT2D eigenvalue weighted by molar-refractivity contribution is 5.93. The van der Waals surface area contributed by atoms with Crippen LogP contribution in [0.3, 0.4) is 0 Å². The average molecular weight is 395 g/mol. The second-order valence-electron chi connectivity index (χ2n) is 7.28. The van der Waals surface area contributed by atoms with Crippen LogP contribution in [0.1, 0.15) is 16.7 Å². The van der Waals surface area contributed by atoms with Gasteiger partial charge in [0.1, 0.15) is 5.82 Å². The van der Waals surface area contributed by atoms with Crippen LogP contribution in [-0.4, -0.2) is 54.3 Å². The number of hydrogen-bond acceptors (Lipinski definition) is 3. The average Bonchev–Trinajstić information content (AvgIpc) is 2.71. The molecule has 2 aromatic rings. The van der Waals surface area contributed by atoms with Crippen LogP contribution in [0.25, 0.3) is 6.08 Å². The zero-order chi connectivity index (χ0) is 20.8. The molecule has 6 heteroatoms. The van der Waals surface area contributed by atoms with Crippen LogP contribution in [0.5, 0.6) is 0 Å². The minimum atomic E-state index is -0.300. The summed E-state index contributed by atoms with van der Waals surface area (Å²) in [6.45, 7) is 6.76. The van der Waals surface area contributed by atoms with Gasteiger partial charge in [0, 0.05) is 37.9 Å². The van der Waals surface area contributed by atoms with Crippen LogP contribution in [0.4, 0.5) is 10.1 Å². The van der Waals surface area contributed by atoms with E-state index in [-0.39, 0.29) is 17.6 Å². The first kappa shape index (κ1) is 20.7. The molecule has 0 spiro atoms. The standard InChI is InChI=1S/C23H26FN3O2/c1-17-4-3-5-21(18(17)2)25-22(28)16-26-12-14-27(15-13-26)23(29)11-8-19-6-9-20(24)10-7-19/h3-11H,12-16H2,1-2H3,(H,25,28). The predicted molar refractivity (Wildman–Crippen MR) is 113 cm³/mol. The Hall–Kier alpha value is -2.99. The van der Waals surface area contributed by atoms with Crippen LogP contribution < -0.4 is 5.32 Å². The summed E-state index contributed by atoms with van der Waals surface area (Å²) in [6.07, 6.45) is 3.20. The normalized spacial score (nSPS) is 14.9. The van der Waals surface area contributed by atoms with Crippen molar-refractivity contribution in [1.82, 2.24) is 9.80 Å². The molecule has 1 fully saturated rings. The third-order valence-corrected chi connectivity index (χ3v) is 5.22. The van der Waals surface area contributed by atoms with E-state index in [0.717, 1.165) is 22.4 Å². The molecule has 0 aromatic heterocycles. The lowest BCUT2D eigenvalue weighted by Crippen LogP contribution is -2.50. The summed E-state index contributed by atoms with van der Waals surface area (Å²) in [5, 5.41) is 2.98. The minimum absolute atomic E-state index is 0.0466. The summed E-state index contributed by atoms with van der Waals surface area (Å²) in [4.78, 5) is 28.5. The van der Waals surface area contributed by atoms with Gasteiger partial charge in [-0.3, -0.25) is 14.5 Å². The Morgan fingerprint density at radius 3 is 2.41 bits per heavy atom. The van der Waals surface area contributed by atoms with Gasteiger partial charge in [-0.05, 0) is 54.8 Å². The molecule has 1 aliphatic heterocycles. The van der Waals surface area contributed by atoms with Crippen molar-refractivity contribution >= 4 is 23.6 Å². The van der Waals surface area contributed by atoms with Crippen molar-refractivity contribution in [3.8, 4) is 0 Å². The number of carbonyl (C=O) groups excluding carboxylic acids is 2. The first-order valence-electron chi connectivity index (χ1n) is 9.73. The minimum Gasteiger partial charge on any atom is -0.337 e. The third-order valence-electron chi connectivity index (χ3n) is 5.22. The highest BCUT2D eigenvalue weighted by atomic mass is 19.1. The second-order valence-corrected chi connectivity index (χ2v) is 7.28. The van der Waals surface area contributed by atoms with Gasteiger partial charge < -0.3 is 10.2 Å². The molecule has 2 amide bonds. The van der Waals surface area contributed by atoms with Crippen LogP contribution in [0, 0.1) is 19.7 Å². The fraction of sp³-hybridized carbons (Fsp3) is 0.304. The van der Waals surface area contributed by atoms with Gasteiger partial charge in [0.05, 0.1) is 6.54 Å². The quantitative estimate of drug-likeness (QED) is 0.791. The lowest BCUT2D eigenvalue weighted by atomic mass is 10.1. The lowest BCUT2D eigenvalue weighted by Gasteiger charge is -2.33. The molecule has 0 radical (unpaired) electrons. The van der Waals surface area contributed by atoms with Crippen molar-refractivity contribution in [2.45, 2.75) is 13.8 Å². The largest absolute Gasteiger partial charge is 0.337 e. The van der Waals surface area contributed by atoms with E-state index in [2.05, 4.69) is 5.32 Å². The Kier molecular flexibility index (Phi) is 6.77. The van der Waals surface area contributed by atoms with Crippen molar-refractivity contribution in [1.29, 1.82) is 0 Å². The molecule has 2 aromatic carbocycles. The molecular weight excluding hydrogens is 369 g/mol. The summed E-state index contributed by atoms with van der Waals surface area (Å²) in [5.41, 5.74) is 3.84. The molecule has 3 rings (SSSR count). The predicted octanol–water partition coefficient (Wildman–Crippen LogP) is 3.24. The van der Waals surface area contributed by atoms with E-state index in [9.17, 15) is 14.0 Å². The van der Waals surface area contributed by atoms with Crippen molar-refractivity contribution in [2.75, 3.05) is 38.0 Å². The number of hydrogen-bond donors (Lipinski definition) is 1. The number of carbonyl (C=O) groups is 2. The van der Waals surface area contributed by atoms with Crippen LogP contribution in [0.15, 0.2) is 48.5 Å². The van der Waals surface area contributed by atoms with Crippen LogP contribution in [0.2, 0.25) is 0 Å². The SMILES string of the molecule is Cc1cccc(NC(=O)CN2CCN(C(=O)C=Cc3ccc(F)cc3)CC2)c1C. The molecule has 0 unspecified atom stereocenters. The van der Waals surface area contributed by atoms with Crippen LogP contribution in [-0.2, 0) is 9.59 Å². The molecule has 0 bridgehead atoms. The molecule has 1 aliphatic rings. The number of anilines is 1. The molecule has 1 N–H and O–H groups in total. The lowest BCUT2D eigenvalue weighted by molar-refractivity contribution is -0.127. The number of rotatable bonds is 5. The van der Waals surface area contributed by atoms with Gasteiger partial charge in [-0.2, -0.15) is 0 Å². The van der Waals surface area contributed by atoms with E-state index < -0.39 is 0 Å². The Morgan fingerprint density at radius 2 is 1.72 bits per heavy atom. The molecule has 29 heavy (non-hydrogen) atoms.